The minimum atomic E-state index is 0. The third-order valence-electron chi connectivity index (χ3n) is 26.0. The summed E-state index contributed by atoms with van der Waals surface area (Å²) >= 11 is 0. The van der Waals surface area contributed by atoms with E-state index in [9.17, 15) is 0 Å². The third-order valence-corrected chi connectivity index (χ3v) is 26.0. The molecule has 18 heteroatoms. The Kier molecular flexibility index (Phi) is 117. The molecule has 9 rings (SSSR count). The van der Waals surface area contributed by atoms with E-state index >= 15 is 0 Å². The number of nitrogens with zero attached hydrogens (tertiary/aromatic N) is 3. The van der Waals surface area contributed by atoms with E-state index in [0.29, 0.717) is 0 Å². The van der Waals surface area contributed by atoms with Crippen molar-refractivity contribution in [3.8, 4) is 101 Å². The van der Waals surface area contributed by atoms with Gasteiger partial charge in [-0.25, -0.2) is 0 Å². The van der Waals surface area contributed by atoms with Crippen molar-refractivity contribution in [3.63, 3.8) is 0 Å². The van der Waals surface area contributed by atoms with Crippen molar-refractivity contribution < 1.29 is 193 Å². The fourth-order valence-electron chi connectivity index (χ4n) is 17.8. The smallest absolute Gasteiger partial charge is 0.512 e. The molecule has 9 aromatic carbocycles. The maximum absolute atomic E-state index is 6.47. The summed E-state index contributed by atoms with van der Waals surface area (Å²) in [6.45, 7) is 32.3. The van der Waals surface area contributed by atoms with Gasteiger partial charge in [-0.05, 0) is 108 Å². The summed E-state index contributed by atoms with van der Waals surface area (Å²) in [4.78, 5) is 0. The summed E-state index contributed by atoms with van der Waals surface area (Å²) in [7, 11) is 0. The summed E-state index contributed by atoms with van der Waals surface area (Å²) in [6.07, 6.45) is 79.4. The van der Waals surface area contributed by atoms with Crippen LogP contribution in [0, 0.1) is 71.9 Å². The van der Waals surface area contributed by atoms with E-state index < -0.39 is 0 Å². The fourth-order valence-corrected chi connectivity index (χ4v) is 17.8. The van der Waals surface area contributed by atoms with Crippen LogP contribution in [-0.4, -0.2) is 39.6 Å². The number of hydrogen-bond acceptors (Lipinski definition) is 9. The van der Waals surface area contributed by atoms with Crippen LogP contribution in [0.4, 0.5) is 0 Å². The van der Waals surface area contributed by atoms with Gasteiger partial charge in [-0.15, -0.1) is 33.4 Å². The molecule has 0 saturated heterocycles. The van der Waals surface area contributed by atoms with Gasteiger partial charge in [0, 0.05) is 0 Å². The van der Waals surface area contributed by atoms with Crippen molar-refractivity contribution in [2.45, 2.75) is 427 Å². The predicted octanol–water partition coefficient (Wildman–Crippen LogP) is 22.0. The molecule has 0 aliphatic heterocycles. The second-order valence-corrected chi connectivity index (χ2v) is 37.4. The summed E-state index contributed by atoms with van der Waals surface area (Å²) in [6, 6.07) is 81.6. The van der Waals surface area contributed by atoms with Gasteiger partial charge in [-0.1, -0.05) is 388 Å². The van der Waals surface area contributed by atoms with Crippen molar-refractivity contribution in [2.24, 2.45) is 0 Å². The average Bonchev–Trinajstić information content (AvgIpc) is 0.799. The number of rotatable bonds is 78. The van der Waals surface area contributed by atoms with Crippen molar-refractivity contribution in [3.05, 3.63) is 238 Å². The number of unbranched alkanes of at least 4 members (excludes halogenated alkanes) is 54. The average molecular weight is 2100 g/mol. The van der Waals surface area contributed by atoms with Crippen LogP contribution >= 0.6 is 0 Å². The minimum absolute atomic E-state index is 0. The van der Waals surface area contributed by atoms with Crippen LogP contribution in [0.15, 0.2) is 182 Å². The fraction of sp³-hybridized carbons (Fsp3) is 0.558. The zero-order chi connectivity index (χ0) is 98.8. The van der Waals surface area contributed by atoms with E-state index in [0.717, 1.165) is 179 Å². The molecule has 9 aromatic rings. The van der Waals surface area contributed by atoms with Crippen LogP contribution in [-0.2, 0) is 51.2 Å². The molecule has 9 nitrogen and oxygen atoms in total. The molecule has 0 fully saturated rings. The summed E-state index contributed by atoms with van der Waals surface area (Å²) in [5.74, 6) is 5.18. The number of hydrogen-bond donors (Lipinski definition) is 0. The van der Waals surface area contributed by atoms with Gasteiger partial charge in [0.1, 0.15) is 0 Å². The Morgan fingerprint density at radius 3 is 0.340 bits per heavy atom. The summed E-state index contributed by atoms with van der Waals surface area (Å²) in [5, 5.41) is 18.8. The number of ether oxygens (including phenoxy) is 6. The zero-order valence-corrected chi connectivity index (χ0v) is 97.0. The molecule has 0 heterocycles. The first-order chi connectivity index (χ1) is 68.5. The Morgan fingerprint density at radius 1 is 0.156 bits per heavy atom. The SMILES string of the molecule is CCCCCCCCCCCCOc1cc(-c2cc[c-]cc2)c(-c2cc[c-]cc2)cc1OCCCCCCCCCCCC.CCCCCCCCCCCCOc1cc(-c2cc[c-]cc2)c(-c2cc[c-]cc2)cc1OCCCCCCCCCCCC.CCCCCCCCCCCCOc1cc(-c2cc[c-]cc2)c(-c2cc[c-]cc2)cc1OCCCCCCCCCCCC.[C-]#N.[C-]#N.[C-]#N.[Cu+].[Cu+].[Cu+].[Li+].[Li+].[Li+].[Li+].[Li+].[Li+]. The molecule has 0 aliphatic carbocycles. The molecule has 0 aliphatic rings. The first-order valence-electron chi connectivity index (χ1n) is 55.3. The summed E-state index contributed by atoms with van der Waals surface area (Å²) < 4.78 is 38.8. The molecule has 0 bridgehead atoms. The van der Waals surface area contributed by atoms with Gasteiger partial charge in [0.25, 0.3) is 0 Å². The van der Waals surface area contributed by atoms with Crippen molar-refractivity contribution in [2.75, 3.05) is 39.6 Å². The van der Waals surface area contributed by atoms with Crippen LogP contribution in [0.1, 0.15) is 427 Å². The van der Waals surface area contributed by atoms with Crippen molar-refractivity contribution in [1.29, 1.82) is 15.8 Å². The topological polar surface area (TPSA) is 127 Å². The maximum atomic E-state index is 6.47. The molecule has 0 atom stereocenters. The van der Waals surface area contributed by atoms with Crippen LogP contribution in [0.5, 0.6) is 34.5 Å². The first-order valence-corrected chi connectivity index (χ1v) is 55.3. The van der Waals surface area contributed by atoms with Gasteiger partial charge in [-0.2, -0.15) is 182 Å². The maximum Gasteiger partial charge on any atom is 1.00 e. The van der Waals surface area contributed by atoms with Gasteiger partial charge >= 0.3 is 164 Å². The molecule has 0 radical (unpaired) electrons. The molecule has 0 spiro atoms. The van der Waals surface area contributed by atoms with E-state index in [1.807, 2.05) is 72.8 Å². The van der Waals surface area contributed by atoms with Crippen LogP contribution in [0.25, 0.3) is 66.8 Å². The quantitative estimate of drug-likeness (QED) is 0.0208. The second-order valence-electron chi connectivity index (χ2n) is 37.4. The Hall–Kier alpha value is -4.61. The molecule has 0 amide bonds. The van der Waals surface area contributed by atoms with E-state index in [1.54, 1.807) is 0 Å². The van der Waals surface area contributed by atoms with Crippen LogP contribution in [0.2, 0.25) is 0 Å². The Labute approximate surface area is 1000 Å². The second kappa shape index (κ2) is 112. The molecule has 0 saturated carbocycles. The Balaban J connectivity index is -0.000000480. The monoisotopic (exact) mass is 2100 g/mol. The van der Waals surface area contributed by atoms with Crippen LogP contribution < -0.4 is 142 Å². The van der Waals surface area contributed by atoms with Crippen molar-refractivity contribution in [1.82, 2.24) is 0 Å². The molecular formula is C129H180Cu3Li6N3O6. The van der Waals surface area contributed by atoms with Crippen molar-refractivity contribution >= 4 is 0 Å². The number of benzene rings is 9. The van der Waals surface area contributed by atoms with E-state index in [4.69, 9.17) is 63.9 Å². The third kappa shape index (κ3) is 73.5. The van der Waals surface area contributed by atoms with Gasteiger partial charge in [-0.3, -0.25) is 0 Å². The predicted molar refractivity (Wildman–Crippen MR) is 584 cm³/mol. The molecule has 147 heavy (non-hydrogen) atoms. The molecule has 0 unspecified atom stereocenters. The molecular weight excluding hydrogens is 1920 g/mol. The largest absolute Gasteiger partial charge is 1.00 e. The van der Waals surface area contributed by atoms with Gasteiger partial charge in [0.2, 0.25) is 0 Å². The molecule has 0 N–H and O–H groups in total. The Morgan fingerprint density at radius 2 is 0.245 bits per heavy atom. The van der Waals surface area contributed by atoms with Gasteiger partial charge in [0.05, 0.1) is 39.6 Å². The van der Waals surface area contributed by atoms with E-state index in [2.05, 4.69) is 187 Å². The van der Waals surface area contributed by atoms with Gasteiger partial charge < -0.3 is 63.9 Å². The normalized spacial score (nSPS) is 10.0. The minimum Gasteiger partial charge on any atom is -0.512 e. The molecule has 0 aromatic heterocycles. The summed E-state index contributed by atoms with van der Waals surface area (Å²) in [5.41, 5.74) is 14.0. The first kappa shape index (κ1) is 153. The van der Waals surface area contributed by atoms with E-state index in [1.165, 1.54) is 347 Å². The Bertz CT molecular complexity index is 3650. The zero-order valence-electron chi connectivity index (χ0n) is 94.2. The van der Waals surface area contributed by atoms with Crippen LogP contribution in [0.3, 0.4) is 0 Å². The van der Waals surface area contributed by atoms with Gasteiger partial charge in [0.15, 0.2) is 34.5 Å². The van der Waals surface area contributed by atoms with E-state index in [-0.39, 0.29) is 164 Å². The standard InChI is InChI=1S/3C42H60O2.3CN.3Cu.6Li/c3*1-3-5-7-9-11-13-15-17-19-27-33-43-41-35-39(37-29-23-21-24-30-37)40(38-31-25-22-26-32-38)36-42(41)44-34-28-20-18-16-14-12-10-8-6-4-2;3*1-2;;;;;;;;;/h3*23-26,29-32,35-36H,3-20,27-28,33-34H2,1-2H3;;;;;;;;;;;;/q3*-2;3*-1;9*+1. The molecule has 786 valence electrons.